The number of fused-ring (bicyclic) bond motifs is 1. The number of anilines is 2. The maximum absolute atomic E-state index is 13.3. The van der Waals surface area contributed by atoms with Gasteiger partial charge in [0.25, 0.3) is 0 Å². The maximum atomic E-state index is 13.3. The highest BCUT2D eigenvalue weighted by Crippen LogP contribution is 2.36. The Bertz CT molecular complexity index is 1500. The van der Waals surface area contributed by atoms with Crippen molar-refractivity contribution in [2.24, 2.45) is 12.8 Å². The van der Waals surface area contributed by atoms with Crippen molar-refractivity contribution in [3.05, 3.63) is 59.0 Å². The van der Waals surface area contributed by atoms with Crippen molar-refractivity contribution in [1.82, 2.24) is 34.2 Å². The summed E-state index contributed by atoms with van der Waals surface area (Å²) in [5, 5.41) is 8.57. The number of nitrogens with two attached hydrogens (primary N) is 1. The maximum Gasteiger partial charge on any atom is 0.210 e. The molecule has 4 aromatic heterocycles. The Balaban J connectivity index is 1.45. The minimum atomic E-state index is -0.462. The number of likely N-dealkylation sites (tertiary alicyclic amines) is 1. The molecule has 1 atom stereocenters. The lowest BCUT2D eigenvalue weighted by Gasteiger charge is -2.23. The number of likely N-dealkylation sites (N-methyl/N-ethyl adjacent to an activating group) is 1. The highest BCUT2D eigenvalue weighted by molar-refractivity contribution is 6.36. The number of nitrogens with one attached hydrogen (secondary N) is 1. The third kappa shape index (κ3) is 4.91. The van der Waals surface area contributed by atoms with E-state index in [1.165, 1.54) is 24.5 Å². The van der Waals surface area contributed by atoms with E-state index in [-0.39, 0.29) is 16.9 Å². The fourth-order valence-corrected chi connectivity index (χ4v) is 4.93. The van der Waals surface area contributed by atoms with E-state index in [9.17, 15) is 4.39 Å². The van der Waals surface area contributed by atoms with Gasteiger partial charge in [0, 0.05) is 37.0 Å². The molecular formula is C26H31ClFN9O. The normalized spacial score (nSPS) is 16.9. The van der Waals surface area contributed by atoms with E-state index in [2.05, 4.69) is 63.7 Å². The third-order valence-corrected chi connectivity index (χ3v) is 6.98. The summed E-state index contributed by atoms with van der Waals surface area (Å²) in [6, 6.07) is 5.14. The predicted molar refractivity (Wildman–Crippen MR) is 146 cm³/mol. The van der Waals surface area contributed by atoms with Crippen molar-refractivity contribution >= 4 is 40.3 Å². The van der Waals surface area contributed by atoms with Crippen LogP contribution in [-0.2, 0) is 12.5 Å². The van der Waals surface area contributed by atoms with E-state index in [4.69, 9.17) is 27.2 Å². The highest BCUT2D eigenvalue weighted by Gasteiger charge is 2.29. The molecule has 1 saturated heterocycles. The molecular weight excluding hydrogens is 509 g/mol. The number of rotatable bonds is 6. The van der Waals surface area contributed by atoms with E-state index in [0.717, 1.165) is 31.4 Å². The lowest BCUT2D eigenvalue weighted by Crippen LogP contribution is -2.24. The van der Waals surface area contributed by atoms with Crippen LogP contribution in [0.15, 0.2) is 36.8 Å². The van der Waals surface area contributed by atoms with Gasteiger partial charge < -0.3 is 25.3 Å². The molecule has 0 spiro atoms. The lowest BCUT2D eigenvalue weighted by molar-refractivity contribution is 0.366. The monoisotopic (exact) mass is 539 g/mol. The molecule has 0 saturated carbocycles. The van der Waals surface area contributed by atoms with Crippen molar-refractivity contribution in [1.29, 1.82) is 0 Å². The average molecular weight is 540 g/mol. The summed E-state index contributed by atoms with van der Waals surface area (Å²) in [4.78, 5) is 15.4. The molecule has 4 aromatic rings. The number of hydrogen-bond acceptors (Lipinski definition) is 8. The number of imidazole rings is 1. The first-order valence-electron chi connectivity index (χ1n) is 12.3. The summed E-state index contributed by atoms with van der Waals surface area (Å²) < 4.78 is 23.2. The molecule has 1 aliphatic rings. The second kappa shape index (κ2) is 9.88. The van der Waals surface area contributed by atoms with Crippen LogP contribution in [0, 0.1) is 5.82 Å². The van der Waals surface area contributed by atoms with Crippen LogP contribution in [0.2, 0.25) is 5.02 Å². The molecule has 0 bridgehead atoms. The van der Waals surface area contributed by atoms with Crippen LogP contribution in [0.1, 0.15) is 44.6 Å². The number of hydrogen-bond donors (Lipinski definition) is 2. The van der Waals surface area contributed by atoms with E-state index in [1.54, 1.807) is 4.57 Å². The van der Waals surface area contributed by atoms with E-state index >= 15 is 0 Å². The molecule has 0 amide bonds. The molecule has 1 fully saturated rings. The topological polar surface area (TPSA) is 112 Å². The van der Waals surface area contributed by atoms with Crippen LogP contribution in [-0.4, -0.2) is 54.3 Å². The van der Waals surface area contributed by atoms with Gasteiger partial charge in [0.15, 0.2) is 23.0 Å². The third-order valence-electron chi connectivity index (χ3n) is 6.61. The lowest BCUT2D eigenvalue weighted by atomic mass is 9.91. The average Bonchev–Trinajstić information content (AvgIpc) is 3.57. The first kappa shape index (κ1) is 25.9. The van der Waals surface area contributed by atoms with Crippen LogP contribution < -0.4 is 15.8 Å². The summed E-state index contributed by atoms with van der Waals surface area (Å²) in [7, 11) is 3.97. The van der Waals surface area contributed by atoms with Gasteiger partial charge in [-0.1, -0.05) is 32.4 Å². The molecule has 1 unspecified atom stereocenters. The molecule has 10 nitrogen and oxygen atoms in total. The minimum absolute atomic E-state index is 0.0782. The molecule has 200 valence electrons. The number of nitrogens with zero attached hydrogens (tertiary/aromatic N) is 7. The van der Waals surface area contributed by atoms with Gasteiger partial charge in [0.1, 0.15) is 22.1 Å². The molecule has 12 heteroatoms. The predicted octanol–water partition coefficient (Wildman–Crippen LogP) is 4.61. The Morgan fingerprint density at radius 1 is 1.24 bits per heavy atom. The molecule has 5 heterocycles. The number of pyridine rings is 2. The Morgan fingerprint density at radius 3 is 2.66 bits per heavy atom. The van der Waals surface area contributed by atoms with Gasteiger partial charge in [-0.3, -0.25) is 4.68 Å². The Hall–Kier alpha value is -3.70. The SMILES string of the molecule is CN1CCC(n2nc(Nc3nc4ncc(OC(=CN)c5ccc(F)cn5)c(Cl)c4n3C)cc2C(C)(C)C)C1. The number of halogens is 2. The number of aromatic nitrogens is 6. The van der Waals surface area contributed by atoms with Crippen molar-refractivity contribution in [2.75, 3.05) is 25.5 Å². The van der Waals surface area contributed by atoms with Crippen molar-refractivity contribution in [3.8, 4) is 5.75 Å². The molecule has 3 N–H and O–H groups in total. The van der Waals surface area contributed by atoms with E-state index in [0.29, 0.717) is 39.7 Å². The van der Waals surface area contributed by atoms with Crippen molar-refractivity contribution in [2.45, 2.75) is 38.6 Å². The van der Waals surface area contributed by atoms with Crippen LogP contribution in [0.3, 0.4) is 0 Å². The van der Waals surface area contributed by atoms with Gasteiger partial charge in [-0.15, -0.1) is 0 Å². The summed E-state index contributed by atoms with van der Waals surface area (Å²) >= 11 is 6.74. The van der Waals surface area contributed by atoms with Gasteiger partial charge >= 0.3 is 0 Å². The fraction of sp³-hybridized carbons (Fsp3) is 0.385. The number of aryl methyl sites for hydroxylation is 1. The standard InChI is InChI=1S/C26H31ClFN9O/c1-26(2,3)20-10-21(34-37(20)16-8-9-35(4)14-16)32-25-33-24-23(36(25)5)22(27)19(13-31-24)38-18(11-29)17-7-6-15(28)12-30-17/h6-7,10-13,16H,8-9,14,29H2,1-5H3,(H,31,32,33,34). The van der Waals surface area contributed by atoms with Crippen LogP contribution >= 0.6 is 11.6 Å². The molecule has 38 heavy (non-hydrogen) atoms. The summed E-state index contributed by atoms with van der Waals surface area (Å²) in [6.45, 7) is 8.58. The quantitative estimate of drug-likeness (QED) is 0.342. The minimum Gasteiger partial charge on any atom is -0.450 e. The Morgan fingerprint density at radius 2 is 2.03 bits per heavy atom. The van der Waals surface area contributed by atoms with Crippen LogP contribution in [0.5, 0.6) is 5.75 Å². The highest BCUT2D eigenvalue weighted by atomic mass is 35.5. The Labute approximate surface area is 225 Å². The zero-order chi connectivity index (χ0) is 27.2. The number of ether oxygens (including phenoxy) is 1. The largest absolute Gasteiger partial charge is 0.450 e. The van der Waals surface area contributed by atoms with E-state index < -0.39 is 5.82 Å². The van der Waals surface area contributed by atoms with Crippen LogP contribution in [0.4, 0.5) is 16.2 Å². The van der Waals surface area contributed by atoms with Gasteiger partial charge in [-0.2, -0.15) is 10.1 Å². The molecule has 0 aliphatic carbocycles. The van der Waals surface area contributed by atoms with Gasteiger partial charge in [-0.25, -0.2) is 14.4 Å². The van der Waals surface area contributed by atoms with Crippen molar-refractivity contribution < 1.29 is 9.13 Å². The van der Waals surface area contributed by atoms with Gasteiger partial charge in [0.05, 0.1) is 18.4 Å². The van der Waals surface area contributed by atoms with Crippen LogP contribution in [0.25, 0.3) is 16.9 Å². The molecule has 0 radical (unpaired) electrons. The van der Waals surface area contributed by atoms with Crippen molar-refractivity contribution in [3.63, 3.8) is 0 Å². The first-order chi connectivity index (χ1) is 18.0. The Kier molecular flexibility index (Phi) is 6.74. The molecule has 1 aliphatic heterocycles. The molecule has 5 rings (SSSR count). The zero-order valence-electron chi connectivity index (χ0n) is 22.0. The zero-order valence-corrected chi connectivity index (χ0v) is 22.8. The first-order valence-corrected chi connectivity index (χ1v) is 12.7. The summed E-state index contributed by atoms with van der Waals surface area (Å²) in [5.74, 6) is 1.25. The van der Waals surface area contributed by atoms with Gasteiger partial charge in [-0.05, 0) is 32.1 Å². The van der Waals surface area contributed by atoms with Gasteiger partial charge in [0.2, 0.25) is 5.95 Å². The fourth-order valence-electron chi connectivity index (χ4n) is 4.63. The molecule has 0 aromatic carbocycles. The second-order valence-corrected chi connectivity index (χ2v) is 10.9. The summed E-state index contributed by atoms with van der Waals surface area (Å²) in [5.41, 5.74) is 8.20. The van der Waals surface area contributed by atoms with E-state index in [1.807, 2.05) is 7.05 Å². The second-order valence-electron chi connectivity index (χ2n) is 10.5. The summed E-state index contributed by atoms with van der Waals surface area (Å²) in [6.07, 6.45) is 4.85. The smallest absolute Gasteiger partial charge is 0.210 e.